The summed E-state index contributed by atoms with van der Waals surface area (Å²) in [6.07, 6.45) is 8.32. The number of hydrogen-bond donors (Lipinski definition) is 0. The van der Waals surface area contributed by atoms with Crippen LogP contribution in [0.1, 0.15) is 12.5 Å². The monoisotopic (exact) mass is 698 g/mol. The van der Waals surface area contributed by atoms with Crippen LogP contribution in [-0.2, 0) is 0 Å². The van der Waals surface area contributed by atoms with Crippen LogP contribution in [-0.4, -0.2) is 0 Å². The lowest BCUT2D eigenvalue weighted by Gasteiger charge is -2.19. The van der Waals surface area contributed by atoms with Gasteiger partial charge in [0, 0.05) is 0 Å². The number of hydrogen-bond acceptors (Lipinski definition) is 0. The molecule has 0 N–H and O–H groups in total. The Morgan fingerprint density at radius 3 is 1.16 bits per heavy atom. The van der Waals surface area contributed by atoms with Crippen LogP contribution >= 0.6 is 0 Å². The van der Waals surface area contributed by atoms with Gasteiger partial charge in [0.1, 0.15) is 0 Å². The second kappa shape index (κ2) is 13.4. The molecule has 10 aromatic carbocycles. The van der Waals surface area contributed by atoms with Gasteiger partial charge in [-0.1, -0.05) is 195 Å². The second-order valence-corrected chi connectivity index (χ2v) is 14.3. The molecule has 0 spiro atoms. The van der Waals surface area contributed by atoms with Gasteiger partial charge in [0.05, 0.1) is 0 Å². The minimum Gasteiger partial charge on any atom is -0.0984 e. The maximum absolute atomic E-state index is 4.23. The van der Waals surface area contributed by atoms with Gasteiger partial charge in [0.15, 0.2) is 0 Å². The lowest BCUT2D eigenvalue weighted by atomic mass is 9.84. The van der Waals surface area contributed by atoms with E-state index in [-0.39, 0.29) is 0 Å². The van der Waals surface area contributed by atoms with Crippen molar-refractivity contribution in [2.45, 2.75) is 6.92 Å². The number of benzene rings is 10. The molecular formula is C55H38. The third-order valence-corrected chi connectivity index (χ3v) is 11.3. The SMILES string of the molecule is C=C/C(=C\C=C/C)c1c2ccccc2c(-c2ccc3ccc4ccc(-c5c6ccccc6c(-c6ccccc6)c6ccccc56)cc4c3c2)c2ccccc12. The highest BCUT2D eigenvalue weighted by Gasteiger charge is 2.19. The quantitative estimate of drug-likeness (QED) is 0.0921. The first-order chi connectivity index (χ1) is 27.2. The molecule has 0 aromatic heterocycles. The molecule has 0 bridgehead atoms. The van der Waals surface area contributed by atoms with E-state index in [1.165, 1.54) is 104 Å². The van der Waals surface area contributed by atoms with Crippen LogP contribution in [0, 0.1) is 0 Å². The number of rotatable bonds is 6. The Morgan fingerprint density at radius 1 is 0.382 bits per heavy atom. The van der Waals surface area contributed by atoms with E-state index in [4.69, 9.17) is 0 Å². The first-order valence-corrected chi connectivity index (χ1v) is 19.1. The molecular weight excluding hydrogens is 661 g/mol. The van der Waals surface area contributed by atoms with Crippen molar-refractivity contribution >= 4 is 70.2 Å². The van der Waals surface area contributed by atoms with Gasteiger partial charge < -0.3 is 0 Å². The molecule has 0 aliphatic rings. The first-order valence-electron chi connectivity index (χ1n) is 19.1. The first kappa shape index (κ1) is 32.6. The molecule has 0 aliphatic heterocycles. The molecule has 0 saturated carbocycles. The third kappa shape index (κ3) is 5.30. The van der Waals surface area contributed by atoms with Crippen molar-refractivity contribution in [3.63, 3.8) is 0 Å². The molecule has 10 aromatic rings. The molecule has 0 fully saturated rings. The van der Waals surface area contributed by atoms with E-state index in [0.717, 1.165) is 5.57 Å². The van der Waals surface area contributed by atoms with Crippen molar-refractivity contribution < 1.29 is 0 Å². The van der Waals surface area contributed by atoms with Gasteiger partial charge >= 0.3 is 0 Å². The third-order valence-electron chi connectivity index (χ3n) is 11.3. The summed E-state index contributed by atoms with van der Waals surface area (Å²) in [5.41, 5.74) is 9.83. The summed E-state index contributed by atoms with van der Waals surface area (Å²) in [6.45, 7) is 6.28. The molecule has 0 aliphatic carbocycles. The van der Waals surface area contributed by atoms with Crippen LogP contribution in [0.15, 0.2) is 207 Å². The van der Waals surface area contributed by atoms with Crippen molar-refractivity contribution in [2.24, 2.45) is 0 Å². The Balaban J connectivity index is 1.25. The summed E-state index contributed by atoms with van der Waals surface area (Å²) in [6, 6.07) is 64.9. The molecule has 0 saturated heterocycles. The standard InChI is InChI=1S/C55H38/c1-3-5-17-36(4-2)52-42-20-9-13-24-46(42)54(47-25-14-10-21-43(47)52)40-32-30-37-28-29-38-31-33-41(35-51(38)50(37)34-40)55-48-26-15-11-22-44(48)53(39-18-7-6-8-19-39)45-23-12-16-27-49(45)55/h3-35H,2H2,1H3/b5-3-,36-17+. The predicted octanol–water partition coefficient (Wildman–Crippen LogP) is 15.8. The van der Waals surface area contributed by atoms with Crippen molar-refractivity contribution in [1.82, 2.24) is 0 Å². The van der Waals surface area contributed by atoms with Crippen LogP contribution < -0.4 is 0 Å². The average molecular weight is 699 g/mol. The summed E-state index contributed by atoms with van der Waals surface area (Å²) in [4.78, 5) is 0. The minimum absolute atomic E-state index is 1.12. The zero-order valence-corrected chi connectivity index (χ0v) is 30.8. The van der Waals surface area contributed by atoms with E-state index in [9.17, 15) is 0 Å². The number of allylic oxidation sites excluding steroid dienone is 5. The molecule has 0 atom stereocenters. The highest BCUT2D eigenvalue weighted by molar-refractivity contribution is 6.23. The molecule has 55 heavy (non-hydrogen) atoms. The number of fused-ring (bicyclic) bond motifs is 7. The van der Waals surface area contributed by atoms with E-state index in [1.54, 1.807) is 0 Å². The summed E-state index contributed by atoms with van der Waals surface area (Å²) in [5.74, 6) is 0. The van der Waals surface area contributed by atoms with Crippen molar-refractivity contribution in [1.29, 1.82) is 0 Å². The summed E-state index contributed by atoms with van der Waals surface area (Å²) in [7, 11) is 0. The highest BCUT2D eigenvalue weighted by atomic mass is 14.2. The predicted molar refractivity (Wildman–Crippen MR) is 241 cm³/mol. The Bertz CT molecular complexity index is 3100. The molecule has 258 valence electrons. The zero-order valence-electron chi connectivity index (χ0n) is 30.8. The maximum Gasteiger partial charge on any atom is -0.00261 e. The van der Waals surface area contributed by atoms with Gasteiger partial charge in [-0.05, 0) is 128 Å². The van der Waals surface area contributed by atoms with Crippen molar-refractivity contribution in [2.75, 3.05) is 0 Å². The van der Waals surface area contributed by atoms with E-state index in [1.807, 2.05) is 6.08 Å². The van der Waals surface area contributed by atoms with Gasteiger partial charge in [-0.3, -0.25) is 0 Å². The fourth-order valence-corrected chi connectivity index (χ4v) is 8.92. The molecule has 0 nitrogen and oxygen atoms in total. The van der Waals surface area contributed by atoms with Crippen LogP contribution in [0.5, 0.6) is 0 Å². The summed E-state index contributed by atoms with van der Waals surface area (Å²) < 4.78 is 0. The Kier molecular flexibility index (Phi) is 7.97. The van der Waals surface area contributed by atoms with Gasteiger partial charge in [-0.25, -0.2) is 0 Å². The Labute approximate surface area is 321 Å². The largest absolute Gasteiger partial charge is 0.0984 e. The average Bonchev–Trinajstić information content (AvgIpc) is 3.25. The molecule has 0 heterocycles. The normalized spacial score (nSPS) is 12.2. The fourth-order valence-electron chi connectivity index (χ4n) is 8.92. The van der Waals surface area contributed by atoms with Gasteiger partial charge in [0.25, 0.3) is 0 Å². The van der Waals surface area contributed by atoms with Crippen LogP contribution in [0.2, 0.25) is 0 Å². The van der Waals surface area contributed by atoms with E-state index < -0.39 is 0 Å². The molecule has 0 amide bonds. The van der Waals surface area contributed by atoms with E-state index in [0.29, 0.717) is 0 Å². The van der Waals surface area contributed by atoms with Gasteiger partial charge in [-0.2, -0.15) is 0 Å². The molecule has 0 heteroatoms. The summed E-state index contributed by atoms with van der Waals surface area (Å²) in [5, 5.41) is 15.0. The van der Waals surface area contributed by atoms with Crippen LogP contribution in [0.4, 0.5) is 0 Å². The fraction of sp³-hybridized carbons (Fsp3) is 0.0182. The zero-order chi connectivity index (χ0) is 36.9. The topological polar surface area (TPSA) is 0 Å². The molecule has 0 radical (unpaired) electrons. The molecule has 0 unspecified atom stereocenters. The summed E-state index contributed by atoms with van der Waals surface area (Å²) >= 11 is 0. The Morgan fingerprint density at radius 2 is 0.745 bits per heavy atom. The highest BCUT2D eigenvalue weighted by Crippen LogP contribution is 2.46. The van der Waals surface area contributed by atoms with Gasteiger partial charge in [0.2, 0.25) is 0 Å². The smallest absolute Gasteiger partial charge is 0.00261 e. The van der Waals surface area contributed by atoms with Crippen LogP contribution in [0.25, 0.3) is 104 Å². The van der Waals surface area contributed by atoms with Crippen LogP contribution in [0.3, 0.4) is 0 Å². The van der Waals surface area contributed by atoms with E-state index >= 15 is 0 Å². The lowest BCUT2D eigenvalue weighted by Crippen LogP contribution is -1.93. The Hall–Kier alpha value is -7.02. The second-order valence-electron chi connectivity index (χ2n) is 14.3. The van der Waals surface area contributed by atoms with Crippen molar-refractivity contribution in [3.05, 3.63) is 212 Å². The van der Waals surface area contributed by atoms with Gasteiger partial charge in [-0.15, -0.1) is 0 Å². The maximum atomic E-state index is 4.23. The minimum atomic E-state index is 1.12. The molecule has 10 rings (SSSR count). The lowest BCUT2D eigenvalue weighted by molar-refractivity contribution is 1.66. The van der Waals surface area contributed by atoms with E-state index in [2.05, 4.69) is 208 Å². The van der Waals surface area contributed by atoms with Crippen molar-refractivity contribution in [3.8, 4) is 33.4 Å².